The molecule has 0 radical (unpaired) electrons. The van der Waals surface area contributed by atoms with Crippen LogP contribution in [0.1, 0.15) is 37.4 Å². The van der Waals surface area contributed by atoms with E-state index in [0.717, 1.165) is 19.4 Å². The molecule has 1 aliphatic carbocycles. The van der Waals surface area contributed by atoms with Crippen molar-refractivity contribution >= 4 is 0 Å². The minimum atomic E-state index is -0.228. The highest BCUT2D eigenvalue weighted by atomic mass is 16.3. The minimum absolute atomic E-state index is 0.169. The molecule has 0 spiro atoms. The van der Waals surface area contributed by atoms with E-state index in [1.165, 1.54) is 11.1 Å². The quantitative estimate of drug-likeness (QED) is 0.867. The second kappa shape index (κ2) is 5.19. The smallest absolute Gasteiger partial charge is 0.0740 e. The van der Waals surface area contributed by atoms with Gasteiger partial charge in [0.15, 0.2) is 0 Å². The van der Waals surface area contributed by atoms with E-state index in [-0.39, 0.29) is 12.1 Å². The number of aryl methyl sites for hydroxylation is 1. The first-order valence-electron chi connectivity index (χ1n) is 6.55. The number of nitrogens with zero attached hydrogens (tertiary/aromatic N) is 1. The van der Waals surface area contributed by atoms with Crippen LogP contribution in [0.2, 0.25) is 0 Å². The maximum Gasteiger partial charge on any atom is 0.0740 e. The molecule has 1 N–H and O–H groups in total. The van der Waals surface area contributed by atoms with Crippen molar-refractivity contribution in [1.82, 2.24) is 4.90 Å². The Labute approximate surface area is 104 Å². The molecule has 2 nitrogen and oxygen atoms in total. The lowest BCUT2D eigenvalue weighted by atomic mass is 9.84. The average Bonchev–Trinajstić information content (AvgIpc) is 2.27. The lowest BCUT2D eigenvalue weighted by Gasteiger charge is -2.37. The molecule has 0 bridgehead atoms. The Morgan fingerprint density at radius 3 is 2.76 bits per heavy atom. The molecule has 0 unspecified atom stereocenters. The number of hydrogen-bond acceptors (Lipinski definition) is 2. The highest BCUT2D eigenvalue weighted by Gasteiger charge is 2.30. The molecule has 2 rings (SSSR count). The SMILES string of the molecule is CC(C)CN(C)[C@@H]1c2ccccc2CC[C@H]1O. The highest BCUT2D eigenvalue weighted by molar-refractivity contribution is 5.33. The molecule has 0 saturated carbocycles. The van der Waals surface area contributed by atoms with Crippen LogP contribution < -0.4 is 0 Å². The molecule has 94 valence electrons. The van der Waals surface area contributed by atoms with Gasteiger partial charge in [0, 0.05) is 6.54 Å². The number of hydrogen-bond donors (Lipinski definition) is 1. The van der Waals surface area contributed by atoms with Crippen molar-refractivity contribution in [3.63, 3.8) is 0 Å². The molecule has 1 aliphatic rings. The molecule has 1 aromatic carbocycles. The van der Waals surface area contributed by atoms with E-state index >= 15 is 0 Å². The van der Waals surface area contributed by atoms with Crippen molar-refractivity contribution in [2.24, 2.45) is 5.92 Å². The first-order chi connectivity index (χ1) is 8.09. The Balaban J connectivity index is 2.26. The summed E-state index contributed by atoms with van der Waals surface area (Å²) in [4.78, 5) is 2.30. The van der Waals surface area contributed by atoms with Gasteiger partial charge in [-0.3, -0.25) is 4.90 Å². The molecule has 0 saturated heterocycles. The van der Waals surface area contributed by atoms with Gasteiger partial charge < -0.3 is 5.11 Å². The zero-order valence-corrected chi connectivity index (χ0v) is 11.1. The third-order valence-corrected chi connectivity index (χ3v) is 3.58. The fourth-order valence-electron chi connectivity index (χ4n) is 2.94. The van der Waals surface area contributed by atoms with Gasteiger partial charge in [-0.2, -0.15) is 0 Å². The molecule has 0 heterocycles. The van der Waals surface area contributed by atoms with Gasteiger partial charge in [-0.05, 0) is 36.9 Å². The van der Waals surface area contributed by atoms with Crippen LogP contribution in [-0.4, -0.2) is 29.7 Å². The summed E-state index contributed by atoms with van der Waals surface area (Å²) in [6.45, 7) is 5.46. The summed E-state index contributed by atoms with van der Waals surface area (Å²) in [5.74, 6) is 0.626. The molecular weight excluding hydrogens is 210 g/mol. The average molecular weight is 233 g/mol. The zero-order chi connectivity index (χ0) is 12.4. The second-order valence-corrected chi connectivity index (χ2v) is 5.58. The first kappa shape index (κ1) is 12.6. The maximum absolute atomic E-state index is 10.3. The lowest BCUT2D eigenvalue weighted by molar-refractivity contribution is 0.0439. The van der Waals surface area contributed by atoms with Gasteiger partial charge in [0.1, 0.15) is 0 Å². The standard InChI is InChI=1S/C15H23NO/c1-11(2)10-16(3)15-13-7-5-4-6-12(13)8-9-14(15)17/h4-7,11,14-15,17H,8-10H2,1-3H3/t14-,15-/m1/s1. The van der Waals surface area contributed by atoms with Crippen molar-refractivity contribution in [1.29, 1.82) is 0 Å². The van der Waals surface area contributed by atoms with E-state index in [1.54, 1.807) is 0 Å². The molecule has 0 amide bonds. The van der Waals surface area contributed by atoms with Crippen molar-refractivity contribution in [2.45, 2.75) is 38.8 Å². The molecular formula is C15H23NO. The third kappa shape index (κ3) is 2.70. The Bertz CT molecular complexity index is 375. The number of likely N-dealkylation sites (N-methyl/N-ethyl adjacent to an activating group) is 1. The number of benzene rings is 1. The summed E-state index contributed by atoms with van der Waals surface area (Å²) >= 11 is 0. The molecule has 2 atom stereocenters. The molecule has 0 fully saturated rings. The van der Waals surface area contributed by atoms with Gasteiger partial charge >= 0.3 is 0 Å². The van der Waals surface area contributed by atoms with E-state index in [0.29, 0.717) is 5.92 Å². The summed E-state index contributed by atoms with van der Waals surface area (Å²) in [6, 6.07) is 8.70. The minimum Gasteiger partial charge on any atom is -0.391 e. The summed E-state index contributed by atoms with van der Waals surface area (Å²) in [7, 11) is 2.12. The van der Waals surface area contributed by atoms with Crippen LogP contribution in [0.15, 0.2) is 24.3 Å². The number of rotatable bonds is 3. The second-order valence-electron chi connectivity index (χ2n) is 5.58. The van der Waals surface area contributed by atoms with Crippen LogP contribution in [0.25, 0.3) is 0 Å². The van der Waals surface area contributed by atoms with Crippen molar-refractivity contribution in [3.05, 3.63) is 35.4 Å². The first-order valence-corrected chi connectivity index (χ1v) is 6.55. The van der Waals surface area contributed by atoms with E-state index in [2.05, 4.69) is 50.1 Å². The topological polar surface area (TPSA) is 23.5 Å². The van der Waals surface area contributed by atoms with Crippen LogP contribution in [0.5, 0.6) is 0 Å². The molecule has 0 aliphatic heterocycles. The van der Waals surface area contributed by atoms with Crippen molar-refractivity contribution < 1.29 is 5.11 Å². The fourth-order valence-corrected chi connectivity index (χ4v) is 2.94. The Morgan fingerprint density at radius 1 is 1.35 bits per heavy atom. The van der Waals surface area contributed by atoms with Crippen molar-refractivity contribution in [3.8, 4) is 0 Å². The van der Waals surface area contributed by atoms with E-state index in [1.807, 2.05) is 0 Å². The summed E-state index contributed by atoms with van der Waals surface area (Å²) in [5, 5.41) is 10.3. The third-order valence-electron chi connectivity index (χ3n) is 3.58. The van der Waals surface area contributed by atoms with Gasteiger partial charge in [0.2, 0.25) is 0 Å². The molecule has 2 heteroatoms. The van der Waals surface area contributed by atoms with Crippen LogP contribution >= 0.6 is 0 Å². The Kier molecular flexibility index (Phi) is 3.85. The normalized spacial score (nSPS) is 24.1. The maximum atomic E-state index is 10.3. The van der Waals surface area contributed by atoms with Gasteiger partial charge in [-0.1, -0.05) is 38.1 Å². The number of aliphatic hydroxyl groups is 1. The molecule has 0 aromatic heterocycles. The van der Waals surface area contributed by atoms with Crippen LogP contribution in [-0.2, 0) is 6.42 Å². The predicted molar refractivity (Wildman–Crippen MR) is 71.0 cm³/mol. The molecule has 17 heavy (non-hydrogen) atoms. The lowest BCUT2D eigenvalue weighted by Crippen LogP contribution is -2.39. The number of fused-ring (bicyclic) bond motifs is 1. The van der Waals surface area contributed by atoms with Gasteiger partial charge in [-0.15, -0.1) is 0 Å². The van der Waals surface area contributed by atoms with E-state index in [4.69, 9.17) is 0 Å². The van der Waals surface area contributed by atoms with Crippen LogP contribution in [0, 0.1) is 5.92 Å². The van der Waals surface area contributed by atoms with Crippen LogP contribution in [0.3, 0.4) is 0 Å². The van der Waals surface area contributed by atoms with E-state index in [9.17, 15) is 5.11 Å². The van der Waals surface area contributed by atoms with Gasteiger partial charge in [0.25, 0.3) is 0 Å². The molecule has 1 aromatic rings. The summed E-state index contributed by atoms with van der Waals surface area (Å²) in [6.07, 6.45) is 1.65. The fraction of sp³-hybridized carbons (Fsp3) is 0.600. The Morgan fingerprint density at radius 2 is 2.06 bits per heavy atom. The summed E-state index contributed by atoms with van der Waals surface area (Å²) < 4.78 is 0. The Hall–Kier alpha value is -0.860. The van der Waals surface area contributed by atoms with Gasteiger partial charge in [-0.25, -0.2) is 0 Å². The zero-order valence-electron chi connectivity index (χ0n) is 11.1. The van der Waals surface area contributed by atoms with Gasteiger partial charge in [0.05, 0.1) is 12.1 Å². The van der Waals surface area contributed by atoms with Crippen molar-refractivity contribution in [2.75, 3.05) is 13.6 Å². The predicted octanol–water partition coefficient (Wildman–Crippen LogP) is 2.62. The monoisotopic (exact) mass is 233 g/mol. The van der Waals surface area contributed by atoms with Crippen LogP contribution in [0.4, 0.5) is 0 Å². The summed E-state index contributed by atoms with van der Waals surface area (Å²) in [5.41, 5.74) is 2.72. The number of aliphatic hydroxyl groups excluding tert-OH is 1. The largest absolute Gasteiger partial charge is 0.391 e. The van der Waals surface area contributed by atoms with E-state index < -0.39 is 0 Å². The highest BCUT2D eigenvalue weighted by Crippen LogP contribution is 2.33.